The van der Waals surface area contributed by atoms with Gasteiger partial charge in [-0.3, -0.25) is 0 Å². The standard InChI is InChI=1S/C8H16N2.C3H8.C2H6/c1-8(9-2)6-5-7-10(3)4;1-3-2;1-2/h5-6,9H,1,7H2,2-4H3;3H2,1-2H3;1-2H3/b6-5+;;. The summed E-state index contributed by atoms with van der Waals surface area (Å²) in [7, 11) is 5.93. The van der Waals surface area contributed by atoms with Crippen LogP contribution in [0.2, 0.25) is 0 Å². The average Bonchev–Trinajstić information content (AvgIpc) is 2.21. The van der Waals surface area contributed by atoms with Crippen molar-refractivity contribution in [2.75, 3.05) is 27.7 Å². The van der Waals surface area contributed by atoms with Gasteiger partial charge in [0.05, 0.1) is 0 Å². The summed E-state index contributed by atoms with van der Waals surface area (Å²) in [4.78, 5) is 2.10. The van der Waals surface area contributed by atoms with Crippen molar-refractivity contribution in [1.82, 2.24) is 10.2 Å². The summed E-state index contributed by atoms with van der Waals surface area (Å²) in [6.07, 6.45) is 5.29. The van der Waals surface area contributed by atoms with Crippen LogP contribution in [-0.2, 0) is 0 Å². The molecule has 0 bridgehead atoms. The fraction of sp³-hybridized carbons (Fsp3) is 0.692. The molecular weight excluding hydrogens is 184 g/mol. The third-order valence-corrected chi connectivity index (χ3v) is 1.11. The van der Waals surface area contributed by atoms with Gasteiger partial charge in [0.15, 0.2) is 0 Å². The molecule has 2 heteroatoms. The number of nitrogens with zero attached hydrogens (tertiary/aromatic N) is 1. The Labute approximate surface area is 97.1 Å². The molecule has 0 saturated heterocycles. The van der Waals surface area contributed by atoms with Gasteiger partial charge in [0.25, 0.3) is 0 Å². The van der Waals surface area contributed by atoms with Crippen LogP contribution in [0.4, 0.5) is 0 Å². The quantitative estimate of drug-likeness (QED) is 0.723. The molecule has 0 heterocycles. The van der Waals surface area contributed by atoms with Crippen LogP contribution in [0.15, 0.2) is 24.4 Å². The Hall–Kier alpha value is -0.760. The number of rotatable bonds is 4. The van der Waals surface area contributed by atoms with E-state index in [-0.39, 0.29) is 0 Å². The largest absolute Gasteiger partial charge is 0.389 e. The van der Waals surface area contributed by atoms with Crippen LogP contribution in [0.25, 0.3) is 0 Å². The summed E-state index contributed by atoms with van der Waals surface area (Å²) in [5, 5.41) is 2.94. The highest BCUT2D eigenvalue weighted by Crippen LogP contribution is 1.85. The minimum absolute atomic E-state index is 0.946. The van der Waals surface area contributed by atoms with Gasteiger partial charge in [0.1, 0.15) is 0 Å². The maximum absolute atomic E-state index is 3.75. The van der Waals surface area contributed by atoms with Crippen molar-refractivity contribution in [2.24, 2.45) is 0 Å². The van der Waals surface area contributed by atoms with E-state index in [1.165, 1.54) is 6.42 Å². The molecule has 15 heavy (non-hydrogen) atoms. The third kappa shape index (κ3) is 31.9. The van der Waals surface area contributed by atoms with E-state index in [1.807, 2.05) is 41.1 Å². The van der Waals surface area contributed by atoms with E-state index < -0.39 is 0 Å². The first-order chi connectivity index (χ1) is 7.08. The van der Waals surface area contributed by atoms with Crippen molar-refractivity contribution in [1.29, 1.82) is 0 Å². The fourth-order valence-electron chi connectivity index (χ4n) is 0.489. The predicted octanol–water partition coefficient (Wildman–Crippen LogP) is 3.28. The lowest BCUT2D eigenvalue weighted by atomic mass is 10.4. The summed E-state index contributed by atoms with van der Waals surface area (Å²) in [6, 6.07) is 0. The molecule has 0 fully saturated rings. The number of hydrogen-bond donors (Lipinski definition) is 1. The molecule has 0 saturated carbocycles. The Morgan fingerprint density at radius 1 is 1.27 bits per heavy atom. The topological polar surface area (TPSA) is 15.3 Å². The van der Waals surface area contributed by atoms with Crippen molar-refractivity contribution in [2.45, 2.75) is 34.1 Å². The number of hydrogen-bond acceptors (Lipinski definition) is 2. The molecule has 0 spiro atoms. The molecule has 0 rings (SSSR count). The maximum atomic E-state index is 3.75. The highest BCUT2D eigenvalue weighted by atomic mass is 15.0. The predicted molar refractivity (Wildman–Crippen MR) is 73.2 cm³/mol. The molecular formula is C13H30N2. The molecule has 0 aliphatic rings. The van der Waals surface area contributed by atoms with Crippen LogP contribution in [0.3, 0.4) is 0 Å². The Bertz CT molecular complexity index is 137. The maximum Gasteiger partial charge on any atom is 0.0261 e. The second kappa shape index (κ2) is 18.9. The van der Waals surface area contributed by atoms with Crippen LogP contribution in [0, 0.1) is 0 Å². The smallest absolute Gasteiger partial charge is 0.0261 e. The molecule has 0 unspecified atom stereocenters. The summed E-state index contributed by atoms with van der Waals surface area (Å²) in [5.74, 6) is 0. The van der Waals surface area contributed by atoms with Crippen LogP contribution in [-0.4, -0.2) is 32.6 Å². The molecule has 92 valence electrons. The molecule has 0 aromatic heterocycles. The first-order valence-electron chi connectivity index (χ1n) is 5.76. The lowest BCUT2D eigenvalue weighted by Crippen LogP contribution is -2.11. The molecule has 0 aliphatic heterocycles. The van der Waals surface area contributed by atoms with Gasteiger partial charge in [0.2, 0.25) is 0 Å². The Morgan fingerprint density at radius 2 is 1.67 bits per heavy atom. The molecule has 0 aliphatic carbocycles. The number of likely N-dealkylation sites (N-methyl/N-ethyl adjacent to an activating group) is 2. The van der Waals surface area contributed by atoms with Gasteiger partial charge in [-0.2, -0.15) is 0 Å². The monoisotopic (exact) mass is 214 g/mol. The molecule has 0 amide bonds. The zero-order chi connectivity index (χ0) is 12.7. The molecule has 0 radical (unpaired) electrons. The lowest BCUT2D eigenvalue weighted by Gasteiger charge is -2.03. The van der Waals surface area contributed by atoms with Crippen molar-refractivity contribution in [3.63, 3.8) is 0 Å². The van der Waals surface area contributed by atoms with Gasteiger partial charge in [-0.25, -0.2) is 0 Å². The summed E-state index contributed by atoms with van der Waals surface area (Å²) >= 11 is 0. The zero-order valence-corrected chi connectivity index (χ0v) is 11.7. The second-order valence-corrected chi connectivity index (χ2v) is 3.15. The highest BCUT2D eigenvalue weighted by molar-refractivity contribution is 5.11. The van der Waals surface area contributed by atoms with Gasteiger partial charge in [-0.1, -0.05) is 46.8 Å². The van der Waals surface area contributed by atoms with Crippen LogP contribution in [0.1, 0.15) is 34.1 Å². The first-order valence-corrected chi connectivity index (χ1v) is 5.76. The number of nitrogens with one attached hydrogen (secondary N) is 1. The van der Waals surface area contributed by atoms with E-state index in [2.05, 4.69) is 36.7 Å². The summed E-state index contributed by atoms with van der Waals surface area (Å²) in [5.41, 5.74) is 0.946. The van der Waals surface area contributed by atoms with E-state index >= 15 is 0 Å². The normalized spacial score (nSPS) is 8.80. The summed E-state index contributed by atoms with van der Waals surface area (Å²) in [6.45, 7) is 13.0. The Kier molecular flexibility index (Phi) is 24.9. The molecule has 2 nitrogen and oxygen atoms in total. The van der Waals surface area contributed by atoms with Crippen LogP contribution >= 0.6 is 0 Å². The van der Waals surface area contributed by atoms with E-state index in [4.69, 9.17) is 0 Å². The molecule has 1 N–H and O–H groups in total. The lowest BCUT2D eigenvalue weighted by molar-refractivity contribution is 0.456. The van der Waals surface area contributed by atoms with Gasteiger partial charge in [0, 0.05) is 19.3 Å². The highest BCUT2D eigenvalue weighted by Gasteiger charge is 1.82. The van der Waals surface area contributed by atoms with Crippen LogP contribution < -0.4 is 5.32 Å². The molecule has 0 atom stereocenters. The first kappa shape index (κ1) is 19.8. The van der Waals surface area contributed by atoms with E-state index in [1.54, 1.807) is 0 Å². The molecule has 0 aromatic carbocycles. The van der Waals surface area contributed by atoms with Gasteiger partial charge < -0.3 is 10.2 Å². The summed E-state index contributed by atoms with van der Waals surface area (Å²) < 4.78 is 0. The zero-order valence-electron chi connectivity index (χ0n) is 11.7. The average molecular weight is 214 g/mol. The third-order valence-electron chi connectivity index (χ3n) is 1.11. The Morgan fingerprint density at radius 3 is 1.93 bits per heavy atom. The minimum atomic E-state index is 0.946. The minimum Gasteiger partial charge on any atom is -0.389 e. The van der Waals surface area contributed by atoms with E-state index in [0.717, 1.165) is 12.2 Å². The van der Waals surface area contributed by atoms with Crippen molar-refractivity contribution < 1.29 is 0 Å². The van der Waals surface area contributed by atoms with Crippen molar-refractivity contribution >= 4 is 0 Å². The fourth-order valence-corrected chi connectivity index (χ4v) is 0.489. The molecule has 0 aromatic rings. The Balaban J connectivity index is -0.000000245. The second-order valence-electron chi connectivity index (χ2n) is 3.15. The van der Waals surface area contributed by atoms with Gasteiger partial charge >= 0.3 is 0 Å². The van der Waals surface area contributed by atoms with Gasteiger partial charge in [-0.15, -0.1) is 0 Å². The van der Waals surface area contributed by atoms with Crippen molar-refractivity contribution in [3.05, 3.63) is 24.4 Å². The van der Waals surface area contributed by atoms with Crippen molar-refractivity contribution in [3.8, 4) is 0 Å². The van der Waals surface area contributed by atoms with E-state index in [0.29, 0.717) is 0 Å². The van der Waals surface area contributed by atoms with E-state index in [9.17, 15) is 0 Å². The van der Waals surface area contributed by atoms with Gasteiger partial charge in [-0.05, 0) is 20.2 Å². The number of allylic oxidation sites excluding steroid dienone is 1. The SMILES string of the molecule is C=C(/C=C/CN(C)C)NC.CC.CCC. The van der Waals surface area contributed by atoms with Crippen LogP contribution in [0.5, 0.6) is 0 Å².